The van der Waals surface area contributed by atoms with E-state index in [1.165, 1.54) is 0 Å². The zero-order valence-corrected chi connectivity index (χ0v) is 11.9. The maximum Gasteiger partial charge on any atom is 0.337 e. The van der Waals surface area contributed by atoms with Crippen molar-refractivity contribution in [1.29, 1.82) is 0 Å². The fourth-order valence-electron chi connectivity index (χ4n) is 0.448. The van der Waals surface area contributed by atoms with Crippen LogP contribution in [-0.2, 0) is 19.6 Å². The molecule has 17 heavy (non-hydrogen) atoms. The first kappa shape index (κ1) is 18.4. The normalized spacial score (nSPS) is 11.2. The van der Waals surface area contributed by atoms with Crippen LogP contribution in [0.5, 0.6) is 0 Å². The summed E-state index contributed by atoms with van der Waals surface area (Å²) in [5.74, 6) is -0.311. The second-order valence-electron chi connectivity index (χ2n) is 4.33. The molecule has 0 aliphatic heterocycles. The summed E-state index contributed by atoms with van der Waals surface area (Å²) in [7, 11) is 0.345. The molecule has 0 aliphatic rings. The van der Waals surface area contributed by atoms with Crippen molar-refractivity contribution in [3.8, 4) is 0 Å². The Morgan fingerprint density at radius 2 is 1.76 bits per heavy atom. The van der Waals surface area contributed by atoms with Crippen LogP contribution in [0, 0.1) is 0 Å². The van der Waals surface area contributed by atoms with Crippen molar-refractivity contribution in [2.45, 2.75) is 13.8 Å². The van der Waals surface area contributed by atoms with Gasteiger partial charge in [-0.3, -0.25) is 9.04 Å². The summed E-state index contributed by atoms with van der Waals surface area (Å²) in [6.45, 7) is 8.54. The van der Waals surface area contributed by atoms with Gasteiger partial charge in [0, 0.05) is 5.57 Å². The first-order valence-electron chi connectivity index (χ1n) is 4.96. The van der Waals surface area contributed by atoms with Crippen LogP contribution in [0.2, 0.25) is 0 Å². The quantitative estimate of drug-likeness (QED) is 0.266. The van der Waals surface area contributed by atoms with E-state index in [2.05, 4.69) is 13.5 Å². The molecule has 0 amide bonds. The fourth-order valence-corrected chi connectivity index (χ4v) is 0.448. The van der Waals surface area contributed by atoms with Crippen molar-refractivity contribution < 1.29 is 27.0 Å². The molecule has 0 bridgehead atoms. The third-order valence-electron chi connectivity index (χ3n) is 1.75. The van der Waals surface area contributed by atoms with Crippen LogP contribution >= 0.6 is 0 Å². The van der Waals surface area contributed by atoms with E-state index in [1.807, 2.05) is 14.1 Å². The summed E-state index contributed by atoms with van der Waals surface area (Å²) in [5.41, 5.74) is 0.450. The molecule has 0 aliphatic carbocycles. The van der Waals surface area contributed by atoms with E-state index in [0.717, 1.165) is 6.54 Å². The lowest BCUT2D eigenvalue weighted by Gasteiger charge is -2.26. The monoisotopic (exact) mass is 268 g/mol. The van der Waals surface area contributed by atoms with Crippen molar-refractivity contribution in [3.63, 3.8) is 0 Å². The number of nitrogens with zero attached hydrogens (tertiary/aromatic N) is 1. The highest BCUT2D eigenvalue weighted by molar-refractivity contribution is 7.85. The van der Waals surface area contributed by atoms with Gasteiger partial charge in [-0.25, -0.2) is 4.79 Å². The summed E-state index contributed by atoms with van der Waals surface area (Å²) in [4.78, 5) is 11.0. The lowest BCUT2D eigenvalue weighted by atomic mass is 10.4. The first-order valence-corrected chi connectivity index (χ1v) is 6.81. The zero-order chi connectivity index (χ0) is 14.3. The Morgan fingerprint density at radius 3 is 2.00 bits per heavy atom. The van der Waals surface area contributed by atoms with E-state index in [0.29, 0.717) is 23.0 Å². The van der Waals surface area contributed by atoms with Crippen LogP contribution in [0.25, 0.3) is 0 Å². The van der Waals surface area contributed by atoms with Crippen LogP contribution < -0.4 is 0 Å². The number of esters is 1. The van der Waals surface area contributed by atoms with Gasteiger partial charge in [-0.15, -0.1) is 0 Å². The summed E-state index contributed by atoms with van der Waals surface area (Å²) in [6.07, 6.45) is 0.715. The standard InChI is InChI=1S/C9H18NO2.CH4O3S/c1-6-10(4,5)7-12-9(11)8(2)3;1-5(2,3)4/h2,6-7H2,1,3-5H3;1H3,(H,2,3,4)/q+1;. The fraction of sp³-hybridized carbons (Fsp3) is 0.700. The Bertz CT molecular complexity index is 351. The highest BCUT2D eigenvalue weighted by atomic mass is 32.2. The number of carbonyl (C=O) groups excluding carboxylic acids is 1. The van der Waals surface area contributed by atoms with Gasteiger partial charge < -0.3 is 4.74 Å². The van der Waals surface area contributed by atoms with Crippen LogP contribution in [0.3, 0.4) is 0 Å². The lowest BCUT2D eigenvalue weighted by molar-refractivity contribution is -0.905. The van der Waals surface area contributed by atoms with Gasteiger partial charge in [0.15, 0.2) is 0 Å². The summed E-state index contributed by atoms with van der Waals surface area (Å²) in [6, 6.07) is 0. The van der Waals surface area contributed by atoms with Gasteiger partial charge in [-0.1, -0.05) is 6.58 Å². The van der Waals surface area contributed by atoms with Gasteiger partial charge >= 0.3 is 5.97 Å². The number of hydrogen-bond acceptors (Lipinski definition) is 4. The van der Waals surface area contributed by atoms with E-state index in [1.54, 1.807) is 6.92 Å². The number of rotatable bonds is 4. The molecular weight excluding hydrogens is 246 g/mol. The minimum Gasteiger partial charge on any atom is -0.412 e. The van der Waals surface area contributed by atoms with Crippen molar-refractivity contribution in [1.82, 2.24) is 0 Å². The maximum absolute atomic E-state index is 11.0. The van der Waals surface area contributed by atoms with Gasteiger partial charge in [0.2, 0.25) is 6.73 Å². The molecule has 7 heteroatoms. The molecule has 0 rings (SSSR count). The van der Waals surface area contributed by atoms with E-state index < -0.39 is 10.1 Å². The van der Waals surface area contributed by atoms with Crippen molar-refractivity contribution in [3.05, 3.63) is 12.2 Å². The van der Waals surface area contributed by atoms with Gasteiger partial charge in [0.05, 0.1) is 26.9 Å². The van der Waals surface area contributed by atoms with Gasteiger partial charge in [-0.2, -0.15) is 8.42 Å². The Balaban J connectivity index is 0. The minimum absolute atomic E-state index is 0.311. The Labute approximate surface area is 103 Å². The Morgan fingerprint density at radius 1 is 1.41 bits per heavy atom. The number of carbonyl (C=O) groups is 1. The molecule has 0 aromatic carbocycles. The van der Waals surface area contributed by atoms with Crippen molar-refractivity contribution in [2.75, 3.05) is 33.6 Å². The molecule has 0 radical (unpaired) electrons. The lowest BCUT2D eigenvalue weighted by Crippen LogP contribution is -2.41. The third kappa shape index (κ3) is 17.7. The molecule has 0 atom stereocenters. The molecule has 0 aromatic heterocycles. The summed E-state index contributed by atoms with van der Waals surface area (Å²) >= 11 is 0. The summed E-state index contributed by atoms with van der Waals surface area (Å²) in [5, 5.41) is 0. The molecule has 102 valence electrons. The highest BCUT2D eigenvalue weighted by Crippen LogP contribution is 1.99. The maximum atomic E-state index is 11.0. The Kier molecular flexibility index (Phi) is 8.04. The molecule has 0 spiro atoms. The predicted octanol–water partition coefficient (Wildman–Crippen LogP) is 0.663. The second-order valence-corrected chi connectivity index (χ2v) is 5.79. The third-order valence-corrected chi connectivity index (χ3v) is 1.75. The van der Waals surface area contributed by atoms with Crippen LogP contribution in [0.15, 0.2) is 12.2 Å². The molecule has 0 unspecified atom stereocenters. The molecule has 0 fully saturated rings. The molecule has 0 saturated carbocycles. The average Bonchev–Trinajstić information content (AvgIpc) is 2.11. The van der Waals surface area contributed by atoms with Gasteiger partial charge in [-0.05, 0) is 13.8 Å². The number of ether oxygens (including phenoxy) is 1. The largest absolute Gasteiger partial charge is 0.412 e. The smallest absolute Gasteiger partial charge is 0.337 e. The van der Waals surface area contributed by atoms with Crippen LogP contribution in [0.4, 0.5) is 0 Å². The SMILES string of the molecule is C=C(C)C(=O)OC[N+](C)(C)CC.CS(=O)(=O)O. The van der Waals surface area contributed by atoms with E-state index >= 15 is 0 Å². The Hall–Kier alpha value is -0.920. The molecule has 1 N–H and O–H groups in total. The minimum atomic E-state index is -3.67. The van der Waals surface area contributed by atoms with Gasteiger partial charge in [0.1, 0.15) is 0 Å². The van der Waals surface area contributed by atoms with E-state index in [-0.39, 0.29) is 5.97 Å². The van der Waals surface area contributed by atoms with Crippen molar-refractivity contribution in [2.24, 2.45) is 0 Å². The number of quaternary nitrogens is 1. The summed E-state index contributed by atoms with van der Waals surface area (Å²) < 4.78 is 31.5. The van der Waals surface area contributed by atoms with E-state index in [4.69, 9.17) is 9.29 Å². The molecule has 0 heterocycles. The molecule has 0 saturated heterocycles. The van der Waals surface area contributed by atoms with Crippen LogP contribution in [-0.4, -0.2) is 57.0 Å². The van der Waals surface area contributed by atoms with Gasteiger partial charge in [0.25, 0.3) is 10.1 Å². The average molecular weight is 268 g/mol. The van der Waals surface area contributed by atoms with Crippen molar-refractivity contribution >= 4 is 16.1 Å². The zero-order valence-electron chi connectivity index (χ0n) is 11.1. The molecular formula is C10H22NO5S+. The highest BCUT2D eigenvalue weighted by Gasteiger charge is 2.14. The topological polar surface area (TPSA) is 80.7 Å². The number of hydrogen-bond donors (Lipinski definition) is 1. The van der Waals surface area contributed by atoms with Crippen LogP contribution in [0.1, 0.15) is 13.8 Å². The first-order chi connectivity index (χ1) is 7.39. The predicted molar refractivity (Wildman–Crippen MR) is 65.9 cm³/mol. The second kappa shape index (κ2) is 7.41. The van der Waals surface area contributed by atoms with E-state index in [9.17, 15) is 13.2 Å². The molecule has 0 aromatic rings. The molecule has 6 nitrogen and oxygen atoms in total.